The number of fused-ring (bicyclic) bond motifs is 1. The molecule has 0 saturated carbocycles. The molecular weight excluding hydrogens is 335 g/mol. The summed E-state index contributed by atoms with van der Waals surface area (Å²) in [5.41, 5.74) is 1.31. The van der Waals surface area contributed by atoms with E-state index in [1.807, 2.05) is 17.9 Å². The minimum absolute atomic E-state index is 0.118. The van der Waals surface area contributed by atoms with Gasteiger partial charge in [-0.3, -0.25) is 9.69 Å². The number of amides is 1. The zero-order chi connectivity index (χ0) is 18.1. The van der Waals surface area contributed by atoms with Crippen molar-refractivity contribution in [2.75, 3.05) is 39.4 Å². The molecule has 1 aromatic carbocycles. The molecule has 0 aliphatic carbocycles. The summed E-state index contributed by atoms with van der Waals surface area (Å²) in [5, 5.41) is 0. The minimum atomic E-state index is -0.248. The van der Waals surface area contributed by atoms with E-state index >= 15 is 0 Å². The zero-order valence-corrected chi connectivity index (χ0v) is 14.9. The van der Waals surface area contributed by atoms with Gasteiger partial charge in [-0.25, -0.2) is 4.39 Å². The molecule has 26 heavy (non-hydrogen) atoms. The second-order valence-electron chi connectivity index (χ2n) is 6.84. The summed E-state index contributed by atoms with van der Waals surface area (Å²) >= 11 is 0. The molecule has 0 bridgehead atoms. The second-order valence-corrected chi connectivity index (χ2v) is 6.84. The first-order valence-corrected chi connectivity index (χ1v) is 9.15. The zero-order valence-electron chi connectivity index (χ0n) is 14.9. The molecule has 5 nitrogen and oxygen atoms in total. The number of nitrogens with zero attached hydrogens (tertiary/aromatic N) is 2. The van der Waals surface area contributed by atoms with Gasteiger partial charge in [-0.1, -0.05) is 19.1 Å². The third kappa shape index (κ3) is 3.27. The number of halogens is 1. The van der Waals surface area contributed by atoms with Gasteiger partial charge in [-0.05, 0) is 30.2 Å². The topological polar surface area (TPSA) is 45.9 Å². The summed E-state index contributed by atoms with van der Waals surface area (Å²) in [4.78, 5) is 17.0. The van der Waals surface area contributed by atoms with Crippen molar-refractivity contribution in [2.24, 2.45) is 0 Å². The lowest BCUT2D eigenvalue weighted by atomic mass is 10.1. The van der Waals surface area contributed by atoms with E-state index in [4.69, 9.17) is 9.15 Å². The van der Waals surface area contributed by atoms with Gasteiger partial charge in [0.1, 0.15) is 11.6 Å². The predicted molar refractivity (Wildman–Crippen MR) is 95.6 cm³/mol. The van der Waals surface area contributed by atoms with E-state index in [0.29, 0.717) is 48.8 Å². The van der Waals surface area contributed by atoms with Crippen LogP contribution in [0.2, 0.25) is 0 Å². The lowest BCUT2D eigenvalue weighted by molar-refractivity contribution is -0.0399. The minimum Gasteiger partial charge on any atom is -0.451 e. The van der Waals surface area contributed by atoms with Crippen LogP contribution in [0.3, 0.4) is 0 Å². The maximum atomic E-state index is 14.0. The number of piperazine rings is 1. The van der Waals surface area contributed by atoms with E-state index in [2.05, 4.69) is 4.90 Å². The van der Waals surface area contributed by atoms with Crippen LogP contribution in [0.4, 0.5) is 4.39 Å². The Balaban J connectivity index is 1.49. The van der Waals surface area contributed by atoms with Crippen LogP contribution in [-0.4, -0.2) is 61.1 Å². The molecule has 1 atom stereocenters. The van der Waals surface area contributed by atoms with Crippen LogP contribution < -0.4 is 0 Å². The van der Waals surface area contributed by atoms with Gasteiger partial charge in [-0.2, -0.15) is 0 Å². The molecule has 0 radical (unpaired) electrons. The van der Waals surface area contributed by atoms with Gasteiger partial charge >= 0.3 is 0 Å². The van der Waals surface area contributed by atoms with Crippen LogP contribution in [-0.2, 0) is 11.2 Å². The van der Waals surface area contributed by atoms with Crippen LogP contribution >= 0.6 is 0 Å². The van der Waals surface area contributed by atoms with Crippen molar-refractivity contribution in [3.8, 4) is 11.3 Å². The normalized spacial score (nSPS) is 20.8. The molecule has 0 spiro atoms. The van der Waals surface area contributed by atoms with E-state index in [9.17, 15) is 9.18 Å². The smallest absolute Gasteiger partial charge is 0.289 e. The number of ether oxygens (including phenoxy) is 1. The van der Waals surface area contributed by atoms with E-state index in [1.54, 1.807) is 18.2 Å². The van der Waals surface area contributed by atoms with Crippen molar-refractivity contribution in [3.63, 3.8) is 0 Å². The molecule has 2 aliphatic heterocycles. The van der Waals surface area contributed by atoms with E-state index in [1.165, 1.54) is 6.07 Å². The number of carbonyl (C=O) groups excluding carboxylic acids is 1. The van der Waals surface area contributed by atoms with Gasteiger partial charge in [0.05, 0.1) is 19.3 Å². The summed E-state index contributed by atoms with van der Waals surface area (Å²) in [6, 6.07) is 8.71. The van der Waals surface area contributed by atoms with Crippen molar-refractivity contribution >= 4 is 5.91 Å². The van der Waals surface area contributed by atoms with Crippen LogP contribution in [0.25, 0.3) is 11.3 Å². The standard InChI is InChI=1S/C20H23FN2O3/c1-2-14-3-4-15(11-17(14)21)18-5-6-19(26-18)20(24)23-8-7-22-9-10-25-13-16(22)12-23/h3-6,11,16H,2,7-10,12-13H2,1H3. The Kier molecular flexibility index (Phi) is 4.78. The highest BCUT2D eigenvalue weighted by Gasteiger charge is 2.32. The van der Waals surface area contributed by atoms with Gasteiger partial charge in [-0.15, -0.1) is 0 Å². The average Bonchev–Trinajstić information content (AvgIpc) is 3.17. The maximum Gasteiger partial charge on any atom is 0.289 e. The maximum absolute atomic E-state index is 14.0. The Bertz CT molecular complexity index is 804. The van der Waals surface area contributed by atoms with Crippen LogP contribution in [0.15, 0.2) is 34.7 Å². The van der Waals surface area contributed by atoms with E-state index in [0.717, 1.165) is 19.7 Å². The Morgan fingerprint density at radius 3 is 2.92 bits per heavy atom. The van der Waals surface area contributed by atoms with Gasteiger partial charge in [0.2, 0.25) is 0 Å². The lowest BCUT2D eigenvalue weighted by Crippen LogP contribution is -2.59. The summed E-state index contributed by atoms with van der Waals surface area (Å²) in [6.07, 6.45) is 0.644. The van der Waals surface area contributed by atoms with Gasteiger partial charge < -0.3 is 14.1 Å². The van der Waals surface area contributed by atoms with Crippen LogP contribution in [0, 0.1) is 5.82 Å². The molecule has 2 fully saturated rings. The number of rotatable bonds is 3. The van der Waals surface area contributed by atoms with E-state index in [-0.39, 0.29) is 17.8 Å². The molecular formula is C20H23FN2O3. The Labute approximate surface area is 152 Å². The Morgan fingerprint density at radius 2 is 2.12 bits per heavy atom. The molecule has 1 unspecified atom stereocenters. The van der Waals surface area contributed by atoms with Crippen molar-refractivity contribution in [1.29, 1.82) is 0 Å². The highest BCUT2D eigenvalue weighted by atomic mass is 19.1. The van der Waals surface area contributed by atoms with Gasteiger partial charge in [0.15, 0.2) is 5.76 Å². The third-order valence-corrected chi connectivity index (χ3v) is 5.26. The summed E-state index contributed by atoms with van der Waals surface area (Å²) < 4.78 is 25.3. The number of aryl methyl sites for hydroxylation is 1. The van der Waals surface area contributed by atoms with Crippen LogP contribution in [0.5, 0.6) is 0 Å². The number of morpholine rings is 1. The molecule has 1 amide bonds. The first-order valence-electron chi connectivity index (χ1n) is 9.15. The van der Waals surface area contributed by atoms with Crippen molar-refractivity contribution in [3.05, 3.63) is 47.5 Å². The largest absolute Gasteiger partial charge is 0.451 e. The molecule has 1 aromatic heterocycles. The number of benzene rings is 1. The molecule has 2 aromatic rings. The molecule has 0 N–H and O–H groups in total. The molecule has 3 heterocycles. The summed E-state index contributed by atoms with van der Waals surface area (Å²) in [5.74, 6) is 0.439. The molecule has 4 rings (SSSR count). The SMILES string of the molecule is CCc1ccc(-c2ccc(C(=O)N3CCN4CCOCC4C3)o2)cc1F. The Morgan fingerprint density at radius 1 is 1.23 bits per heavy atom. The highest BCUT2D eigenvalue weighted by Crippen LogP contribution is 2.26. The monoisotopic (exact) mass is 358 g/mol. The second kappa shape index (κ2) is 7.21. The molecule has 2 aliphatic rings. The fourth-order valence-electron chi connectivity index (χ4n) is 3.68. The van der Waals surface area contributed by atoms with Crippen molar-refractivity contribution in [1.82, 2.24) is 9.80 Å². The summed E-state index contributed by atoms with van der Waals surface area (Å²) in [7, 11) is 0. The number of hydrogen-bond donors (Lipinski definition) is 0. The first kappa shape index (κ1) is 17.2. The number of carbonyl (C=O) groups is 1. The number of hydrogen-bond acceptors (Lipinski definition) is 4. The van der Waals surface area contributed by atoms with Gasteiger partial charge in [0.25, 0.3) is 5.91 Å². The summed E-state index contributed by atoms with van der Waals surface area (Å²) in [6.45, 7) is 6.46. The highest BCUT2D eigenvalue weighted by molar-refractivity contribution is 5.92. The fourth-order valence-corrected chi connectivity index (χ4v) is 3.68. The van der Waals surface area contributed by atoms with Crippen LogP contribution in [0.1, 0.15) is 23.0 Å². The molecule has 2 saturated heterocycles. The van der Waals surface area contributed by atoms with Crippen molar-refractivity contribution in [2.45, 2.75) is 19.4 Å². The fraction of sp³-hybridized carbons (Fsp3) is 0.450. The van der Waals surface area contributed by atoms with Gasteiger partial charge in [0, 0.05) is 31.7 Å². The Hall–Kier alpha value is -2.18. The molecule has 6 heteroatoms. The average molecular weight is 358 g/mol. The first-order chi connectivity index (χ1) is 12.7. The van der Waals surface area contributed by atoms with Crippen molar-refractivity contribution < 1.29 is 18.3 Å². The van der Waals surface area contributed by atoms with E-state index < -0.39 is 0 Å². The predicted octanol–water partition coefficient (Wildman–Crippen LogP) is 2.80. The quantitative estimate of drug-likeness (QED) is 0.846. The number of furan rings is 1. The third-order valence-electron chi connectivity index (χ3n) is 5.26. The molecule has 138 valence electrons. The lowest BCUT2D eigenvalue weighted by Gasteiger charge is -2.43.